The lowest BCUT2D eigenvalue weighted by Crippen LogP contribution is -2.38. The van der Waals surface area contributed by atoms with E-state index >= 15 is 0 Å². The topological polar surface area (TPSA) is 71.1 Å². The quantitative estimate of drug-likeness (QED) is 0.611. The van der Waals surface area contributed by atoms with E-state index < -0.39 is 11.8 Å². The Labute approximate surface area is 174 Å². The number of aryl methyl sites for hydroxylation is 1. The SMILES string of the molecule is Cc1nc(-c2ccc(NC(=O)C(=O)NC(c3ccccc3)C3CC3C)cc2)cs1. The molecule has 3 atom stereocenters. The second-order valence-corrected chi connectivity index (χ2v) is 8.58. The zero-order valence-corrected chi connectivity index (χ0v) is 17.2. The predicted molar refractivity (Wildman–Crippen MR) is 116 cm³/mol. The first-order valence-electron chi connectivity index (χ1n) is 9.70. The van der Waals surface area contributed by atoms with Crippen LogP contribution in [-0.4, -0.2) is 16.8 Å². The third-order valence-corrected chi connectivity index (χ3v) is 6.08. The number of hydrogen-bond donors (Lipinski definition) is 2. The average molecular weight is 406 g/mol. The Balaban J connectivity index is 1.40. The van der Waals surface area contributed by atoms with E-state index in [0.717, 1.165) is 28.2 Å². The number of rotatable bonds is 5. The summed E-state index contributed by atoms with van der Waals surface area (Å²) in [5, 5.41) is 8.62. The van der Waals surface area contributed by atoms with Gasteiger partial charge in [0.05, 0.1) is 16.7 Å². The van der Waals surface area contributed by atoms with Gasteiger partial charge in [-0.15, -0.1) is 11.3 Å². The molecule has 1 aliphatic carbocycles. The van der Waals surface area contributed by atoms with Gasteiger partial charge in [0.25, 0.3) is 0 Å². The minimum Gasteiger partial charge on any atom is -0.341 e. The summed E-state index contributed by atoms with van der Waals surface area (Å²) in [6.07, 6.45) is 1.05. The number of carbonyl (C=O) groups excluding carboxylic acids is 2. The molecular weight excluding hydrogens is 382 g/mol. The van der Waals surface area contributed by atoms with Gasteiger partial charge in [0.15, 0.2) is 0 Å². The molecule has 0 saturated heterocycles. The van der Waals surface area contributed by atoms with Crippen molar-refractivity contribution in [3.63, 3.8) is 0 Å². The second kappa shape index (κ2) is 8.17. The molecule has 4 rings (SSSR count). The molecule has 2 amide bonds. The van der Waals surface area contributed by atoms with Crippen molar-refractivity contribution in [1.29, 1.82) is 0 Å². The minimum absolute atomic E-state index is 0.139. The summed E-state index contributed by atoms with van der Waals surface area (Å²) in [5.74, 6) is -0.353. The highest BCUT2D eigenvalue weighted by molar-refractivity contribution is 7.09. The number of amides is 2. The van der Waals surface area contributed by atoms with Crippen molar-refractivity contribution in [3.8, 4) is 11.3 Å². The Kier molecular flexibility index (Phi) is 5.45. The number of carbonyl (C=O) groups is 2. The molecule has 148 valence electrons. The van der Waals surface area contributed by atoms with Gasteiger partial charge in [0, 0.05) is 16.6 Å². The highest BCUT2D eigenvalue weighted by Crippen LogP contribution is 2.46. The summed E-state index contributed by atoms with van der Waals surface area (Å²) in [6.45, 7) is 4.13. The van der Waals surface area contributed by atoms with Crippen LogP contribution in [0.25, 0.3) is 11.3 Å². The summed E-state index contributed by atoms with van der Waals surface area (Å²) in [5.41, 5.74) is 3.50. The molecule has 1 heterocycles. The van der Waals surface area contributed by atoms with Crippen LogP contribution in [0.15, 0.2) is 60.0 Å². The van der Waals surface area contributed by atoms with E-state index in [0.29, 0.717) is 17.5 Å². The van der Waals surface area contributed by atoms with Crippen LogP contribution >= 0.6 is 11.3 Å². The van der Waals surface area contributed by atoms with Crippen LogP contribution in [-0.2, 0) is 9.59 Å². The lowest BCUT2D eigenvalue weighted by Gasteiger charge is -2.19. The summed E-state index contributed by atoms with van der Waals surface area (Å²) < 4.78 is 0. The van der Waals surface area contributed by atoms with Crippen LogP contribution in [0.4, 0.5) is 5.69 Å². The van der Waals surface area contributed by atoms with Gasteiger partial charge in [-0.3, -0.25) is 9.59 Å². The molecule has 1 saturated carbocycles. The predicted octanol–water partition coefficient (Wildman–Crippen LogP) is 4.57. The number of hydrogen-bond acceptors (Lipinski definition) is 4. The molecule has 1 fully saturated rings. The summed E-state index contributed by atoms with van der Waals surface area (Å²) in [4.78, 5) is 29.4. The molecule has 2 N–H and O–H groups in total. The molecule has 0 aliphatic heterocycles. The standard InChI is InChI=1S/C23H23N3O2S/c1-14-12-19(14)21(17-6-4-3-5-7-17)26-23(28)22(27)25-18-10-8-16(9-11-18)20-13-29-15(2)24-20/h3-11,13-14,19,21H,12H2,1-2H3,(H,25,27)(H,26,28). The zero-order chi connectivity index (χ0) is 20.4. The molecule has 3 unspecified atom stereocenters. The summed E-state index contributed by atoms with van der Waals surface area (Å²) >= 11 is 1.60. The molecular formula is C23H23N3O2S. The molecule has 1 aliphatic rings. The maximum Gasteiger partial charge on any atom is 0.313 e. The molecule has 0 radical (unpaired) electrons. The van der Waals surface area contributed by atoms with Crippen LogP contribution in [0, 0.1) is 18.8 Å². The van der Waals surface area contributed by atoms with Gasteiger partial charge < -0.3 is 10.6 Å². The van der Waals surface area contributed by atoms with Crippen molar-refractivity contribution in [2.24, 2.45) is 11.8 Å². The maximum absolute atomic E-state index is 12.5. The van der Waals surface area contributed by atoms with E-state index in [4.69, 9.17) is 0 Å². The monoisotopic (exact) mass is 405 g/mol. The van der Waals surface area contributed by atoms with Crippen LogP contribution in [0.2, 0.25) is 0 Å². The van der Waals surface area contributed by atoms with Crippen molar-refractivity contribution in [2.75, 3.05) is 5.32 Å². The van der Waals surface area contributed by atoms with Crippen LogP contribution in [0.5, 0.6) is 0 Å². The van der Waals surface area contributed by atoms with Crippen molar-refractivity contribution in [2.45, 2.75) is 26.3 Å². The number of anilines is 1. The molecule has 6 heteroatoms. The van der Waals surface area contributed by atoms with Gasteiger partial charge in [0.1, 0.15) is 0 Å². The summed E-state index contributed by atoms with van der Waals surface area (Å²) in [7, 11) is 0. The van der Waals surface area contributed by atoms with E-state index in [-0.39, 0.29) is 6.04 Å². The van der Waals surface area contributed by atoms with Crippen molar-refractivity contribution < 1.29 is 9.59 Å². The first kappa shape index (κ1) is 19.3. The Bertz CT molecular complexity index is 1010. The normalized spacial score (nSPS) is 18.7. The van der Waals surface area contributed by atoms with E-state index in [2.05, 4.69) is 22.5 Å². The van der Waals surface area contributed by atoms with Gasteiger partial charge in [-0.2, -0.15) is 0 Å². The Morgan fingerprint density at radius 2 is 1.76 bits per heavy atom. The average Bonchev–Trinajstić information content (AvgIpc) is 3.29. The zero-order valence-electron chi connectivity index (χ0n) is 16.4. The minimum atomic E-state index is -0.656. The molecule has 5 nitrogen and oxygen atoms in total. The first-order chi connectivity index (χ1) is 14.0. The van der Waals surface area contributed by atoms with Crippen LogP contribution in [0.1, 0.15) is 30.0 Å². The number of aromatic nitrogens is 1. The van der Waals surface area contributed by atoms with Gasteiger partial charge in [-0.25, -0.2) is 4.98 Å². The number of nitrogens with one attached hydrogen (secondary N) is 2. The number of benzene rings is 2. The highest BCUT2D eigenvalue weighted by Gasteiger charge is 2.41. The largest absolute Gasteiger partial charge is 0.341 e. The molecule has 1 aromatic heterocycles. The Morgan fingerprint density at radius 1 is 1.07 bits per heavy atom. The lowest BCUT2D eigenvalue weighted by molar-refractivity contribution is -0.136. The molecule has 0 spiro atoms. The lowest BCUT2D eigenvalue weighted by atomic mass is 10.0. The Hall–Kier alpha value is -2.99. The van der Waals surface area contributed by atoms with Gasteiger partial charge >= 0.3 is 11.8 Å². The Morgan fingerprint density at radius 3 is 2.34 bits per heavy atom. The van der Waals surface area contributed by atoms with Crippen molar-refractivity contribution in [3.05, 3.63) is 70.5 Å². The summed E-state index contributed by atoms with van der Waals surface area (Å²) in [6, 6.07) is 17.0. The molecule has 0 bridgehead atoms. The number of nitrogens with zero attached hydrogens (tertiary/aromatic N) is 1. The molecule has 3 aromatic rings. The third-order valence-electron chi connectivity index (χ3n) is 5.31. The van der Waals surface area contributed by atoms with Crippen LogP contribution in [0.3, 0.4) is 0 Å². The van der Waals surface area contributed by atoms with E-state index in [1.165, 1.54) is 0 Å². The molecule has 2 aromatic carbocycles. The van der Waals surface area contributed by atoms with Gasteiger partial charge in [-0.1, -0.05) is 49.4 Å². The fourth-order valence-corrected chi connectivity index (χ4v) is 4.15. The van der Waals surface area contributed by atoms with Crippen molar-refractivity contribution in [1.82, 2.24) is 10.3 Å². The van der Waals surface area contributed by atoms with Gasteiger partial charge in [0.2, 0.25) is 0 Å². The third kappa shape index (κ3) is 4.54. The maximum atomic E-state index is 12.5. The van der Waals surface area contributed by atoms with E-state index in [1.54, 1.807) is 23.5 Å². The van der Waals surface area contributed by atoms with Crippen LogP contribution < -0.4 is 10.6 Å². The highest BCUT2D eigenvalue weighted by atomic mass is 32.1. The fraction of sp³-hybridized carbons (Fsp3) is 0.261. The smallest absolute Gasteiger partial charge is 0.313 e. The van der Waals surface area contributed by atoms with Crippen molar-refractivity contribution >= 4 is 28.8 Å². The molecule has 29 heavy (non-hydrogen) atoms. The first-order valence-corrected chi connectivity index (χ1v) is 10.6. The number of thiazole rings is 1. The van der Waals surface area contributed by atoms with Gasteiger partial charge in [-0.05, 0) is 42.9 Å². The van der Waals surface area contributed by atoms with E-state index in [1.807, 2.05) is 54.8 Å². The van der Waals surface area contributed by atoms with E-state index in [9.17, 15) is 9.59 Å². The second-order valence-electron chi connectivity index (χ2n) is 7.52. The fourth-order valence-electron chi connectivity index (χ4n) is 3.53.